The van der Waals surface area contributed by atoms with Crippen LogP contribution >= 0.6 is 23.4 Å². The smallest absolute Gasteiger partial charge is 0.275 e. The van der Waals surface area contributed by atoms with Gasteiger partial charge in [0.1, 0.15) is 5.82 Å². The van der Waals surface area contributed by atoms with Crippen LogP contribution in [0, 0.1) is 5.92 Å². The highest BCUT2D eigenvalue weighted by Gasteiger charge is 2.27. The van der Waals surface area contributed by atoms with Crippen LogP contribution in [0.5, 0.6) is 0 Å². The molecule has 1 aliphatic rings. The van der Waals surface area contributed by atoms with E-state index in [1.165, 1.54) is 0 Å². The number of carbonyl (C=O) groups excluding carboxylic acids is 1. The lowest BCUT2D eigenvalue weighted by Crippen LogP contribution is -2.39. The van der Waals surface area contributed by atoms with E-state index in [0.29, 0.717) is 23.2 Å². The van der Waals surface area contributed by atoms with E-state index in [4.69, 9.17) is 11.6 Å². The van der Waals surface area contributed by atoms with E-state index in [1.807, 2.05) is 25.1 Å². The molecule has 3 heterocycles. The molecule has 0 radical (unpaired) electrons. The average molecular weight is 383 g/mol. The summed E-state index contributed by atoms with van der Waals surface area (Å²) in [6.07, 6.45) is 6.53. The molecule has 0 unspecified atom stereocenters. The highest BCUT2D eigenvalue weighted by atomic mass is 35.5. The number of hydrogen-bond donors (Lipinski definition) is 0. The summed E-state index contributed by atoms with van der Waals surface area (Å²) >= 11 is 7.76. The molecule has 1 amide bonds. The van der Waals surface area contributed by atoms with Gasteiger partial charge in [-0.25, -0.2) is 0 Å². The molecule has 0 aromatic carbocycles. The molecule has 0 spiro atoms. The molecule has 2 aromatic rings. The highest BCUT2D eigenvalue weighted by Crippen LogP contribution is 2.24. The van der Waals surface area contributed by atoms with Gasteiger partial charge in [-0.05, 0) is 31.9 Å². The van der Waals surface area contributed by atoms with Gasteiger partial charge in [-0.3, -0.25) is 9.48 Å². The Bertz CT molecular complexity index is 750. The molecule has 1 aliphatic heterocycles. The lowest BCUT2D eigenvalue weighted by molar-refractivity contribution is 0.0682. The lowest BCUT2D eigenvalue weighted by atomic mass is 9.93. The van der Waals surface area contributed by atoms with E-state index in [2.05, 4.69) is 19.9 Å². The van der Waals surface area contributed by atoms with Crippen LogP contribution in [0.1, 0.15) is 36.1 Å². The lowest BCUT2D eigenvalue weighted by Gasteiger charge is -2.31. The Morgan fingerprint density at radius 2 is 2.08 bits per heavy atom. The Labute approximate surface area is 156 Å². The van der Waals surface area contributed by atoms with Gasteiger partial charge in [-0.2, -0.15) is 5.10 Å². The Kier molecular flexibility index (Phi) is 5.68. The molecule has 1 saturated heterocycles. The molecule has 1 fully saturated rings. The zero-order valence-electron chi connectivity index (χ0n) is 14.8. The third-order valence-corrected chi connectivity index (χ3v) is 5.72. The number of halogens is 1. The minimum Gasteiger partial charge on any atom is -0.337 e. The largest absolute Gasteiger partial charge is 0.337 e. The van der Waals surface area contributed by atoms with Crippen molar-refractivity contribution in [3.8, 4) is 0 Å². The fourth-order valence-corrected chi connectivity index (χ4v) is 3.89. The molecular formula is C16H23ClN6OS. The number of likely N-dealkylation sites (tertiary alicyclic amines) is 1. The Balaban J connectivity index is 1.58. The van der Waals surface area contributed by atoms with Gasteiger partial charge in [-0.1, -0.05) is 23.4 Å². The summed E-state index contributed by atoms with van der Waals surface area (Å²) in [6.45, 7) is 4.13. The van der Waals surface area contributed by atoms with Crippen molar-refractivity contribution < 1.29 is 4.79 Å². The van der Waals surface area contributed by atoms with Gasteiger partial charge in [0.05, 0.1) is 5.02 Å². The predicted molar refractivity (Wildman–Crippen MR) is 98.0 cm³/mol. The van der Waals surface area contributed by atoms with Gasteiger partial charge in [0, 0.05) is 39.3 Å². The molecule has 7 nitrogen and oxygen atoms in total. The fourth-order valence-electron chi connectivity index (χ4n) is 3.15. The zero-order valence-corrected chi connectivity index (χ0v) is 16.3. The molecule has 0 N–H and O–H groups in total. The number of rotatable bonds is 5. The molecule has 9 heteroatoms. The topological polar surface area (TPSA) is 68.8 Å². The first-order valence-corrected chi connectivity index (χ1v) is 10.1. The summed E-state index contributed by atoms with van der Waals surface area (Å²) in [5.41, 5.74) is 0.361. The first kappa shape index (κ1) is 18.3. The third kappa shape index (κ3) is 3.84. The third-order valence-electron chi connectivity index (χ3n) is 4.72. The normalized spacial score (nSPS) is 15.8. The van der Waals surface area contributed by atoms with Crippen LogP contribution in [0.3, 0.4) is 0 Å². The molecule has 136 valence electrons. The standard InChI is InChI=1S/C16H23ClN6OS/c1-4-23-10-12(17)14(20-23)15(24)22-7-5-11(6-8-22)9-13-18-19-16(25-3)21(13)2/h10-11H,4-9H2,1-3H3. The molecule has 0 aliphatic carbocycles. The number of hydrogen-bond acceptors (Lipinski definition) is 5. The first-order chi connectivity index (χ1) is 12.0. The van der Waals surface area contributed by atoms with Gasteiger partial charge in [0.15, 0.2) is 10.9 Å². The first-order valence-electron chi connectivity index (χ1n) is 8.48. The summed E-state index contributed by atoms with van der Waals surface area (Å²) < 4.78 is 3.75. The van der Waals surface area contributed by atoms with Gasteiger partial charge in [-0.15, -0.1) is 10.2 Å². The molecule has 0 bridgehead atoms. The SMILES string of the molecule is CCn1cc(Cl)c(C(=O)N2CCC(Cc3nnc(SC)n3C)CC2)n1. The van der Waals surface area contributed by atoms with Crippen molar-refractivity contribution in [2.24, 2.45) is 13.0 Å². The minimum absolute atomic E-state index is 0.0704. The van der Waals surface area contributed by atoms with Crippen LogP contribution in [0.4, 0.5) is 0 Å². The van der Waals surface area contributed by atoms with Crippen LogP contribution in [0.2, 0.25) is 5.02 Å². The van der Waals surface area contributed by atoms with Crippen LogP contribution in [0.15, 0.2) is 11.4 Å². The van der Waals surface area contributed by atoms with Crippen molar-refractivity contribution in [1.82, 2.24) is 29.4 Å². The monoisotopic (exact) mass is 382 g/mol. The number of amides is 1. The summed E-state index contributed by atoms with van der Waals surface area (Å²) in [7, 11) is 2.01. The minimum atomic E-state index is -0.0704. The Morgan fingerprint density at radius 3 is 2.64 bits per heavy atom. The zero-order chi connectivity index (χ0) is 18.0. The van der Waals surface area contributed by atoms with Gasteiger partial charge >= 0.3 is 0 Å². The quantitative estimate of drug-likeness (QED) is 0.743. The fraction of sp³-hybridized carbons (Fsp3) is 0.625. The van der Waals surface area contributed by atoms with Crippen molar-refractivity contribution in [2.45, 2.75) is 37.9 Å². The van der Waals surface area contributed by atoms with E-state index in [0.717, 1.165) is 43.3 Å². The van der Waals surface area contributed by atoms with E-state index in [1.54, 1.807) is 22.6 Å². The molecule has 0 saturated carbocycles. The van der Waals surface area contributed by atoms with Crippen LogP contribution in [-0.4, -0.2) is 54.7 Å². The second-order valence-corrected chi connectivity index (χ2v) is 7.46. The van der Waals surface area contributed by atoms with Gasteiger partial charge < -0.3 is 9.47 Å². The van der Waals surface area contributed by atoms with Crippen LogP contribution in [-0.2, 0) is 20.0 Å². The van der Waals surface area contributed by atoms with Crippen LogP contribution < -0.4 is 0 Å². The molecule has 0 atom stereocenters. The molecule has 3 rings (SSSR count). The number of aromatic nitrogens is 5. The van der Waals surface area contributed by atoms with Gasteiger partial charge in [0.25, 0.3) is 5.91 Å². The Hall–Kier alpha value is -1.54. The van der Waals surface area contributed by atoms with Crippen molar-refractivity contribution in [3.05, 3.63) is 22.7 Å². The summed E-state index contributed by atoms with van der Waals surface area (Å²) in [5, 5.41) is 14.1. The predicted octanol–water partition coefficient (Wildman–Crippen LogP) is 2.50. The maximum atomic E-state index is 12.6. The maximum Gasteiger partial charge on any atom is 0.275 e. The Morgan fingerprint density at radius 1 is 1.36 bits per heavy atom. The number of piperidine rings is 1. The van der Waals surface area contributed by atoms with Crippen molar-refractivity contribution >= 4 is 29.3 Å². The number of carbonyl (C=O) groups is 1. The molecule has 2 aromatic heterocycles. The van der Waals surface area contributed by atoms with Crippen molar-refractivity contribution in [3.63, 3.8) is 0 Å². The highest BCUT2D eigenvalue weighted by molar-refractivity contribution is 7.98. The van der Waals surface area contributed by atoms with Crippen molar-refractivity contribution in [1.29, 1.82) is 0 Å². The van der Waals surface area contributed by atoms with Gasteiger partial charge in [0.2, 0.25) is 0 Å². The number of thioether (sulfide) groups is 1. The van der Waals surface area contributed by atoms with E-state index in [-0.39, 0.29) is 5.91 Å². The van der Waals surface area contributed by atoms with E-state index < -0.39 is 0 Å². The number of nitrogens with zero attached hydrogens (tertiary/aromatic N) is 6. The molecule has 25 heavy (non-hydrogen) atoms. The van der Waals surface area contributed by atoms with Crippen LogP contribution in [0.25, 0.3) is 0 Å². The maximum absolute atomic E-state index is 12.6. The number of aryl methyl sites for hydroxylation is 1. The summed E-state index contributed by atoms with van der Waals surface area (Å²) in [5.74, 6) is 1.46. The van der Waals surface area contributed by atoms with E-state index >= 15 is 0 Å². The van der Waals surface area contributed by atoms with E-state index in [9.17, 15) is 4.79 Å². The average Bonchev–Trinajstić information content (AvgIpc) is 3.18. The summed E-state index contributed by atoms with van der Waals surface area (Å²) in [4.78, 5) is 14.5. The second-order valence-electron chi connectivity index (χ2n) is 6.28. The molecular weight excluding hydrogens is 360 g/mol. The summed E-state index contributed by atoms with van der Waals surface area (Å²) in [6, 6.07) is 0. The second kappa shape index (κ2) is 7.78. The van der Waals surface area contributed by atoms with Crippen molar-refractivity contribution in [2.75, 3.05) is 19.3 Å².